The zero-order valence-electron chi connectivity index (χ0n) is 22.3. The average molecular weight is 669 g/mol. The number of nitrogens with one attached hydrogen (secondary N) is 1. The van der Waals surface area contributed by atoms with Crippen molar-refractivity contribution in [2.24, 2.45) is 0 Å². The molecule has 7 nitrogen and oxygen atoms in total. The molecular formula is C29H32BrCl2N3O4S. The summed E-state index contributed by atoms with van der Waals surface area (Å²) in [6.07, 6.45) is 2.91. The van der Waals surface area contributed by atoms with E-state index in [0.717, 1.165) is 33.4 Å². The molecule has 0 spiro atoms. The molecule has 11 heteroatoms. The lowest BCUT2D eigenvalue weighted by molar-refractivity contribution is -0.140. The summed E-state index contributed by atoms with van der Waals surface area (Å²) in [6, 6.07) is 20.0. The monoisotopic (exact) mass is 667 g/mol. The second-order valence-corrected chi connectivity index (χ2v) is 13.0. The Kier molecular flexibility index (Phi) is 11.9. The summed E-state index contributed by atoms with van der Waals surface area (Å²) in [5.41, 5.74) is 1.63. The van der Waals surface area contributed by atoms with Gasteiger partial charge in [0, 0.05) is 39.6 Å². The third kappa shape index (κ3) is 8.96. The molecule has 1 atom stereocenters. The van der Waals surface area contributed by atoms with E-state index in [2.05, 4.69) is 21.2 Å². The molecule has 40 heavy (non-hydrogen) atoms. The van der Waals surface area contributed by atoms with Crippen LogP contribution in [0.5, 0.6) is 0 Å². The molecule has 3 rings (SSSR count). The van der Waals surface area contributed by atoms with E-state index in [1.807, 2.05) is 37.3 Å². The molecule has 0 radical (unpaired) electrons. The molecule has 0 aliphatic carbocycles. The minimum atomic E-state index is -3.85. The SMILES string of the molecule is CCCCNC(=O)[C@@H](Cc1ccccc1)N(Cc1c(Cl)cccc1Cl)C(=O)CN(c1ccc(Br)cc1)S(C)(=O)=O. The molecule has 0 unspecified atom stereocenters. The van der Waals surface area contributed by atoms with E-state index in [0.29, 0.717) is 27.8 Å². The van der Waals surface area contributed by atoms with Gasteiger partial charge >= 0.3 is 0 Å². The van der Waals surface area contributed by atoms with Crippen molar-refractivity contribution in [3.8, 4) is 0 Å². The van der Waals surface area contributed by atoms with Crippen LogP contribution < -0.4 is 9.62 Å². The molecule has 0 bridgehead atoms. The van der Waals surface area contributed by atoms with E-state index in [1.54, 1.807) is 42.5 Å². The Balaban J connectivity index is 2.07. The second kappa shape index (κ2) is 14.9. The number of hydrogen-bond acceptors (Lipinski definition) is 4. The minimum Gasteiger partial charge on any atom is -0.354 e. The van der Waals surface area contributed by atoms with Crippen molar-refractivity contribution >= 4 is 66.7 Å². The molecule has 3 aromatic carbocycles. The van der Waals surface area contributed by atoms with Crippen LogP contribution in [0.1, 0.15) is 30.9 Å². The number of anilines is 1. The van der Waals surface area contributed by atoms with Crippen molar-refractivity contribution in [2.75, 3.05) is 23.7 Å². The van der Waals surface area contributed by atoms with Crippen molar-refractivity contribution in [1.29, 1.82) is 0 Å². The van der Waals surface area contributed by atoms with Gasteiger partial charge in [0.15, 0.2) is 0 Å². The minimum absolute atomic E-state index is 0.0893. The molecule has 2 amide bonds. The summed E-state index contributed by atoms with van der Waals surface area (Å²) in [5, 5.41) is 3.61. The van der Waals surface area contributed by atoms with E-state index in [-0.39, 0.29) is 18.9 Å². The second-order valence-electron chi connectivity index (χ2n) is 9.32. The first kappa shape index (κ1) is 31.9. The largest absolute Gasteiger partial charge is 0.354 e. The number of halogens is 3. The topological polar surface area (TPSA) is 86.8 Å². The van der Waals surface area contributed by atoms with Gasteiger partial charge in [0.05, 0.1) is 11.9 Å². The number of carbonyl (C=O) groups excluding carboxylic acids is 2. The smallest absolute Gasteiger partial charge is 0.244 e. The van der Waals surface area contributed by atoms with Gasteiger partial charge in [-0.1, -0.05) is 88.9 Å². The zero-order chi connectivity index (χ0) is 29.3. The molecule has 0 aromatic heterocycles. The number of hydrogen-bond donors (Lipinski definition) is 1. The maximum atomic E-state index is 14.1. The Morgan fingerprint density at radius 2 is 1.57 bits per heavy atom. The molecule has 0 aliphatic rings. The molecule has 0 saturated carbocycles. The summed E-state index contributed by atoms with van der Waals surface area (Å²) in [7, 11) is -3.85. The Labute approximate surface area is 254 Å². The third-order valence-electron chi connectivity index (χ3n) is 6.28. The highest BCUT2D eigenvalue weighted by molar-refractivity contribution is 9.10. The van der Waals surface area contributed by atoms with Crippen molar-refractivity contribution < 1.29 is 18.0 Å². The van der Waals surface area contributed by atoms with Gasteiger partial charge in [-0.3, -0.25) is 13.9 Å². The molecule has 0 heterocycles. The maximum absolute atomic E-state index is 14.1. The van der Waals surface area contributed by atoms with Crippen molar-refractivity contribution in [1.82, 2.24) is 10.2 Å². The van der Waals surface area contributed by atoms with Gasteiger partial charge < -0.3 is 10.2 Å². The number of amides is 2. The summed E-state index contributed by atoms with van der Waals surface area (Å²) >= 11 is 16.3. The molecule has 0 saturated heterocycles. The van der Waals surface area contributed by atoms with Gasteiger partial charge in [-0.05, 0) is 48.4 Å². The van der Waals surface area contributed by atoms with Crippen molar-refractivity contribution in [2.45, 2.75) is 38.8 Å². The van der Waals surface area contributed by atoms with Crippen LogP contribution >= 0.6 is 39.1 Å². The van der Waals surface area contributed by atoms with Gasteiger partial charge in [-0.25, -0.2) is 8.42 Å². The third-order valence-corrected chi connectivity index (χ3v) is 8.66. The first-order valence-electron chi connectivity index (χ1n) is 12.8. The number of benzene rings is 3. The van der Waals surface area contributed by atoms with E-state index < -0.39 is 28.5 Å². The number of unbranched alkanes of at least 4 members (excludes halogenated alkanes) is 1. The Hall–Kier alpha value is -2.59. The fraction of sp³-hybridized carbons (Fsp3) is 0.310. The lowest BCUT2D eigenvalue weighted by Crippen LogP contribution is -2.53. The quantitative estimate of drug-likeness (QED) is 0.224. The normalized spacial score (nSPS) is 12.0. The van der Waals surface area contributed by atoms with E-state index in [4.69, 9.17) is 23.2 Å². The van der Waals surface area contributed by atoms with Gasteiger partial charge in [-0.2, -0.15) is 0 Å². The first-order valence-corrected chi connectivity index (χ1v) is 16.2. The molecule has 0 fully saturated rings. The summed E-state index contributed by atoms with van der Waals surface area (Å²) in [5.74, 6) is -0.917. The molecule has 1 N–H and O–H groups in total. The standard InChI is InChI=1S/C29H32BrCl2N3O4S/c1-3-4-17-33-29(37)27(18-21-9-6-5-7-10-21)34(19-24-25(31)11-8-12-26(24)32)28(36)20-35(40(2,38)39)23-15-13-22(30)14-16-23/h5-16,27H,3-4,17-20H2,1-2H3,(H,33,37)/t27-/m1/s1. The number of carbonyl (C=O) groups is 2. The molecule has 214 valence electrons. The van der Waals surface area contributed by atoms with E-state index >= 15 is 0 Å². The van der Waals surface area contributed by atoms with Crippen LogP contribution in [-0.4, -0.2) is 50.5 Å². The first-order chi connectivity index (χ1) is 19.0. The number of rotatable bonds is 13. The van der Waals surface area contributed by atoms with Gasteiger partial charge in [0.1, 0.15) is 12.6 Å². The number of nitrogens with zero attached hydrogens (tertiary/aromatic N) is 2. The van der Waals surface area contributed by atoms with Gasteiger partial charge in [-0.15, -0.1) is 0 Å². The van der Waals surface area contributed by atoms with Gasteiger partial charge in [0.2, 0.25) is 21.8 Å². The van der Waals surface area contributed by atoms with E-state index in [9.17, 15) is 18.0 Å². The van der Waals surface area contributed by atoms with Gasteiger partial charge in [0.25, 0.3) is 0 Å². The average Bonchev–Trinajstić information content (AvgIpc) is 2.91. The number of sulfonamides is 1. The zero-order valence-corrected chi connectivity index (χ0v) is 26.2. The van der Waals surface area contributed by atoms with Crippen molar-refractivity contribution in [3.63, 3.8) is 0 Å². The Bertz CT molecular complexity index is 1390. The Morgan fingerprint density at radius 1 is 0.950 bits per heavy atom. The van der Waals surface area contributed by atoms with Crippen LogP contribution in [-0.2, 0) is 32.6 Å². The van der Waals surface area contributed by atoms with Crippen molar-refractivity contribution in [3.05, 3.63) is 98.4 Å². The summed E-state index contributed by atoms with van der Waals surface area (Å²) in [6.45, 7) is 1.86. The van der Waals surface area contributed by atoms with Crippen LogP contribution in [0.2, 0.25) is 10.0 Å². The Morgan fingerprint density at radius 3 is 2.15 bits per heavy atom. The summed E-state index contributed by atoms with van der Waals surface area (Å²) in [4.78, 5) is 29.1. The lowest BCUT2D eigenvalue weighted by Gasteiger charge is -2.34. The summed E-state index contributed by atoms with van der Waals surface area (Å²) < 4.78 is 27.5. The molecule has 3 aromatic rings. The highest BCUT2D eigenvalue weighted by atomic mass is 79.9. The van der Waals surface area contributed by atoms with Crippen LogP contribution in [0.3, 0.4) is 0 Å². The lowest BCUT2D eigenvalue weighted by atomic mass is 10.0. The van der Waals surface area contributed by atoms with Crippen LogP contribution in [0, 0.1) is 0 Å². The molecular weight excluding hydrogens is 637 g/mol. The predicted molar refractivity (Wildman–Crippen MR) is 165 cm³/mol. The van der Waals surface area contributed by atoms with Crippen LogP contribution in [0.25, 0.3) is 0 Å². The highest BCUT2D eigenvalue weighted by Gasteiger charge is 2.33. The maximum Gasteiger partial charge on any atom is 0.244 e. The van der Waals surface area contributed by atoms with Crippen LogP contribution in [0.4, 0.5) is 5.69 Å². The van der Waals surface area contributed by atoms with E-state index in [1.165, 1.54) is 4.90 Å². The fourth-order valence-corrected chi connectivity index (χ4v) is 5.77. The molecule has 0 aliphatic heterocycles. The highest BCUT2D eigenvalue weighted by Crippen LogP contribution is 2.28. The fourth-order valence-electron chi connectivity index (χ4n) is 4.13. The predicted octanol–water partition coefficient (Wildman–Crippen LogP) is 6.08. The van der Waals surface area contributed by atoms with Crippen LogP contribution in [0.15, 0.2) is 77.3 Å².